The highest BCUT2D eigenvalue weighted by atomic mass is 16.6. The Morgan fingerprint density at radius 3 is 1.92 bits per heavy atom. The Balaban J connectivity index is 0.00000129. The van der Waals surface area contributed by atoms with Crippen molar-refractivity contribution in [1.82, 2.24) is 4.57 Å². The van der Waals surface area contributed by atoms with Crippen LogP contribution in [0.5, 0.6) is 0 Å². The van der Waals surface area contributed by atoms with E-state index in [1.54, 1.807) is 0 Å². The predicted octanol–water partition coefficient (Wildman–Crippen LogP) is 4.38. The van der Waals surface area contributed by atoms with E-state index < -0.39 is 6.16 Å². The fourth-order valence-corrected chi connectivity index (χ4v) is 2.83. The smallest absolute Gasteiger partial charge is 0.249 e. The molecule has 0 aliphatic rings. The number of rotatable bonds is 14. The molecule has 0 atom stereocenters. The molecular formula is C20H38N2O3. The molecule has 0 fully saturated rings. The van der Waals surface area contributed by atoms with Crippen LogP contribution < -0.4 is 9.67 Å². The molecule has 1 aromatic rings. The summed E-state index contributed by atoms with van der Waals surface area (Å²) in [5.41, 5.74) is 0. The molecule has 146 valence electrons. The second-order valence-corrected chi connectivity index (χ2v) is 6.69. The van der Waals surface area contributed by atoms with Crippen LogP contribution in [0.1, 0.15) is 90.9 Å². The molecule has 25 heavy (non-hydrogen) atoms. The number of hydrogen-bond acceptors (Lipinski definition) is 2. The van der Waals surface area contributed by atoms with Gasteiger partial charge in [0.2, 0.25) is 12.5 Å². The molecule has 5 heteroatoms. The van der Waals surface area contributed by atoms with E-state index in [0.717, 1.165) is 0 Å². The number of nitrogens with zero attached hydrogens (tertiary/aromatic N) is 2. The molecule has 1 N–H and O–H groups in total. The minimum Gasteiger partial charge on any atom is -0.565 e. The minimum atomic E-state index is -2.08. The Labute approximate surface area is 153 Å². The van der Waals surface area contributed by atoms with E-state index in [9.17, 15) is 0 Å². The molecule has 0 amide bonds. The third kappa shape index (κ3) is 17.1. The van der Waals surface area contributed by atoms with Crippen LogP contribution in [0.2, 0.25) is 0 Å². The Kier molecular flexibility index (Phi) is 16.3. The average molecular weight is 355 g/mol. The van der Waals surface area contributed by atoms with E-state index in [4.69, 9.17) is 15.0 Å². The van der Waals surface area contributed by atoms with Gasteiger partial charge in [0, 0.05) is 0 Å². The average Bonchev–Trinajstić information content (AvgIpc) is 3.02. The van der Waals surface area contributed by atoms with Crippen LogP contribution in [0.4, 0.5) is 4.79 Å². The lowest BCUT2D eigenvalue weighted by Gasteiger charge is -2.01. The fraction of sp³-hybridized carbons (Fsp3) is 0.800. The monoisotopic (exact) mass is 354 g/mol. The molecule has 1 heterocycles. The number of imidazole rings is 1. The summed E-state index contributed by atoms with van der Waals surface area (Å²) in [6.45, 7) is 6.90. The van der Waals surface area contributed by atoms with Gasteiger partial charge >= 0.3 is 0 Å². The van der Waals surface area contributed by atoms with Crippen molar-refractivity contribution >= 4 is 6.16 Å². The molecule has 1 rings (SSSR count). The maximum atomic E-state index is 8.44. The summed E-state index contributed by atoms with van der Waals surface area (Å²) >= 11 is 0. The summed E-state index contributed by atoms with van der Waals surface area (Å²) in [6.07, 6.45) is 21.4. The standard InChI is InChI=1S/C19H37N2.CH2O3/c1-3-5-7-8-9-10-11-12-13-14-16-21-18-17-20(19-21)15-6-4-2;2-1(3)4/h17-19H,3-16H2,1-2H3;(H2,2,3,4)/q+1;/p-1. The first-order valence-corrected chi connectivity index (χ1v) is 10.0. The predicted molar refractivity (Wildman–Crippen MR) is 99.4 cm³/mol. The van der Waals surface area contributed by atoms with Gasteiger partial charge in [-0.2, -0.15) is 0 Å². The molecule has 0 aliphatic carbocycles. The summed E-state index contributed by atoms with van der Waals surface area (Å²) in [5.74, 6) is 0. The topological polar surface area (TPSA) is 69.2 Å². The molecule has 0 aliphatic heterocycles. The lowest BCUT2D eigenvalue weighted by atomic mass is 10.1. The van der Waals surface area contributed by atoms with Gasteiger partial charge in [0.05, 0.1) is 13.1 Å². The molecular weight excluding hydrogens is 316 g/mol. The number of carboxylic acid groups (broad SMARTS) is 2. The lowest BCUT2D eigenvalue weighted by Crippen LogP contribution is -2.30. The normalized spacial score (nSPS) is 10.3. The highest BCUT2D eigenvalue weighted by Crippen LogP contribution is 2.10. The van der Waals surface area contributed by atoms with E-state index >= 15 is 0 Å². The van der Waals surface area contributed by atoms with Gasteiger partial charge in [-0.1, -0.05) is 71.6 Å². The highest BCUT2D eigenvalue weighted by Gasteiger charge is 2.02. The zero-order valence-corrected chi connectivity index (χ0v) is 16.3. The van der Waals surface area contributed by atoms with Crippen LogP contribution in [-0.4, -0.2) is 15.8 Å². The van der Waals surface area contributed by atoms with E-state index in [2.05, 4.69) is 41.7 Å². The number of hydrogen-bond donors (Lipinski definition) is 1. The first kappa shape index (κ1) is 23.5. The minimum absolute atomic E-state index is 1.17. The van der Waals surface area contributed by atoms with E-state index in [0.29, 0.717) is 0 Å². The summed E-state index contributed by atoms with van der Waals surface area (Å²) in [6, 6.07) is 0. The lowest BCUT2D eigenvalue weighted by molar-refractivity contribution is -0.696. The quantitative estimate of drug-likeness (QED) is 0.398. The zero-order valence-electron chi connectivity index (χ0n) is 16.3. The van der Waals surface area contributed by atoms with Crippen molar-refractivity contribution in [3.63, 3.8) is 0 Å². The van der Waals surface area contributed by atoms with Gasteiger partial charge in [-0.05, 0) is 19.3 Å². The van der Waals surface area contributed by atoms with Crippen molar-refractivity contribution in [2.75, 3.05) is 0 Å². The molecule has 0 spiro atoms. The summed E-state index contributed by atoms with van der Waals surface area (Å²) < 4.78 is 4.67. The van der Waals surface area contributed by atoms with Crippen molar-refractivity contribution < 1.29 is 19.6 Å². The van der Waals surface area contributed by atoms with Gasteiger partial charge < -0.3 is 15.0 Å². The van der Waals surface area contributed by atoms with Crippen molar-refractivity contribution in [1.29, 1.82) is 0 Å². The third-order valence-corrected chi connectivity index (χ3v) is 4.29. The number of unbranched alkanes of at least 4 members (excludes halogenated alkanes) is 10. The van der Waals surface area contributed by atoms with Crippen LogP contribution in [0, 0.1) is 0 Å². The van der Waals surface area contributed by atoms with Crippen molar-refractivity contribution in [2.24, 2.45) is 0 Å². The Hall–Kier alpha value is -1.52. The maximum absolute atomic E-state index is 8.44. The first-order chi connectivity index (χ1) is 12.1. The maximum Gasteiger partial charge on any atom is 0.249 e. The van der Waals surface area contributed by atoms with Gasteiger partial charge in [0.25, 0.3) is 0 Å². The number of aromatic nitrogens is 2. The molecule has 0 unspecified atom stereocenters. The van der Waals surface area contributed by atoms with Gasteiger partial charge in [-0.3, -0.25) is 0 Å². The van der Waals surface area contributed by atoms with Gasteiger partial charge in [-0.15, -0.1) is 0 Å². The van der Waals surface area contributed by atoms with Crippen LogP contribution in [0.15, 0.2) is 18.7 Å². The van der Waals surface area contributed by atoms with E-state index in [-0.39, 0.29) is 0 Å². The molecule has 0 saturated carbocycles. The largest absolute Gasteiger partial charge is 0.565 e. The molecule has 0 radical (unpaired) electrons. The molecule has 0 saturated heterocycles. The molecule has 0 bridgehead atoms. The van der Waals surface area contributed by atoms with Crippen LogP contribution in [0.25, 0.3) is 0 Å². The second kappa shape index (κ2) is 17.3. The van der Waals surface area contributed by atoms with Crippen molar-refractivity contribution in [3.8, 4) is 0 Å². The van der Waals surface area contributed by atoms with Gasteiger partial charge in [0.15, 0.2) is 0 Å². The Bertz CT molecular complexity index is 415. The van der Waals surface area contributed by atoms with Gasteiger partial charge in [-0.25, -0.2) is 9.13 Å². The summed E-state index contributed by atoms with van der Waals surface area (Å²) in [5, 5.41) is 15.3. The third-order valence-electron chi connectivity index (χ3n) is 4.29. The summed E-state index contributed by atoms with van der Waals surface area (Å²) in [7, 11) is 0. The second-order valence-electron chi connectivity index (χ2n) is 6.69. The number of carbonyl (C=O) groups is 1. The van der Waals surface area contributed by atoms with Crippen LogP contribution in [0.3, 0.4) is 0 Å². The molecule has 0 aromatic carbocycles. The Morgan fingerprint density at radius 2 is 1.40 bits per heavy atom. The zero-order chi connectivity index (χ0) is 18.8. The van der Waals surface area contributed by atoms with E-state index in [1.165, 1.54) is 90.1 Å². The molecule has 1 aromatic heterocycles. The summed E-state index contributed by atoms with van der Waals surface area (Å²) in [4.78, 5) is 8.44. The highest BCUT2D eigenvalue weighted by molar-refractivity contribution is 5.50. The van der Waals surface area contributed by atoms with Crippen LogP contribution >= 0.6 is 0 Å². The first-order valence-electron chi connectivity index (χ1n) is 10.0. The van der Waals surface area contributed by atoms with Crippen molar-refractivity contribution in [3.05, 3.63) is 18.7 Å². The molecule has 5 nitrogen and oxygen atoms in total. The fourth-order valence-electron chi connectivity index (χ4n) is 2.83. The number of aryl methyl sites for hydroxylation is 2. The van der Waals surface area contributed by atoms with Crippen LogP contribution in [-0.2, 0) is 13.1 Å². The van der Waals surface area contributed by atoms with E-state index in [1.807, 2.05) is 0 Å². The Morgan fingerprint density at radius 1 is 0.920 bits per heavy atom. The SMILES string of the molecule is CCCCCCCCCCCCn1cc[n+](CCCC)c1.O=C([O-])O. The van der Waals surface area contributed by atoms with Crippen molar-refractivity contribution in [2.45, 2.75) is 104 Å². The van der Waals surface area contributed by atoms with Gasteiger partial charge in [0.1, 0.15) is 12.4 Å².